The zero-order chi connectivity index (χ0) is 29.7. The summed E-state index contributed by atoms with van der Waals surface area (Å²) in [6.07, 6.45) is 7.75. The summed E-state index contributed by atoms with van der Waals surface area (Å²) in [6, 6.07) is 8.78. The van der Waals surface area contributed by atoms with E-state index in [4.69, 9.17) is 4.74 Å². The summed E-state index contributed by atoms with van der Waals surface area (Å²) in [6.45, 7) is 3.06. The number of alkyl halides is 3. The molecule has 0 fully saturated rings. The number of aryl methyl sites for hydroxylation is 1. The third-order valence-corrected chi connectivity index (χ3v) is 6.46. The first-order valence-corrected chi connectivity index (χ1v) is 13.1. The first-order valence-electron chi connectivity index (χ1n) is 13.1. The standard InChI is InChI=1S/C31H27F3N6O2/c1-21-9-10-23(30(41)38-25-7-4-3-6-24(17-25)31(32,33)34)16-22(21)11-12-27-19-35-29-28(8-5-13-40(27)29)37-26-18-36-39(20-26)14-15-42-2/h3,5-10,13,16-20,37H,4,14-15H2,1-2H3,(H,38,41). The van der Waals surface area contributed by atoms with Gasteiger partial charge >= 0.3 is 6.18 Å². The Hall–Kier alpha value is -5.08. The molecule has 0 saturated heterocycles. The summed E-state index contributed by atoms with van der Waals surface area (Å²) < 4.78 is 48.4. The number of rotatable bonds is 7. The minimum absolute atomic E-state index is 0.0861. The van der Waals surface area contributed by atoms with Crippen LogP contribution < -0.4 is 10.6 Å². The second kappa shape index (κ2) is 12.2. The highest BCUT2D eigenvalue weighted by atomic mass is 19.4. The van der Waals surface area contributed by atoms with Gasteiger partial charge in [0.2, 0.25) is 0 Å². The Morgan fingerprint density at radius 2 is 2.05 bits per heavy atom. The number of halogens is 3. The van der Waals surface area contributed by atoms with Gasteiger partial charge in [0, 0.05) is 36.3 Å². The fraction of sp³-hybridized carbons (Fsp3) is 0.194. The van der Waals surface area contributed by atoms with Crippen LogP contribution >= 0.6 is 0 Å². The van der Waals surface area contributed by atoms with Crippen LogP contribution in [0.3, 0.4) is 0 Å². The lowest BCUT2D eigenvalue weighted by Gasteiger charge is -2.10. The Morgan fingerprint density at radius 1 is 1.19 bits per heavy atom. The summed E-state index contributed by atoms with van der Waals surface area (Å²) in [5.74, 6) is 5.71. The Morgan fingerprint density at radius 3 is 2.86 bits per heavy atom. The number of hydrogen-bond donors (Lipinski definition) is 2. The number of carbonyl (C=O) groups is 1. The molecule has 11 heteroatoms. The van der Waals surface area contributed by atoms with Crippen LogP contribution in [0.2, 0.25) is 0 Å². The van der Waals surface area contributed by atoms with E-state index in [0.717, 1.165) is 29.1 Å². The fourth-order valence-corrected chi connectivity index (χ4v) is 4.25. The molecule has 0 radical (unpaired) electrons. The summed E-state index contributed by atoms with van der Waals surface area (Å²) in [7, 11) is 1.64. The Labute approximate surface area is 240 Å². The summed E-state index contributed by atoms with van der Waals surface area (Å²) in [4.78, 5) is 17.5. The van der Waals surface area contributed by atoms with E-state index < -0.39 is 17.7 Å². The van der Waals surface area contributed by atoms with E-state index in [1.807, 2.05) is 35.9 Å². The second-order valence-electron chi connectivity index (χ2n) is 9.50. The molecule has 1 aliphatic rings. The summed E-state index contributed by atoms with van der Waals surface area (Å²) >= 11 is 0. The molecule has 42 heavy (non-hydrogen) atoms. The lowest BCUT2D eigenvalue weighted by molar-refractivity contribution is -0.0882. The minimum atomic E-state index is -4.51. The van der Waals surface area contributed by atoms with Crippen molar-refractivity contribution in [2.75, 3.05) is 19.0 Å². The van der Waals surface area contributed by atoms with Gasteiger partial charge in [-0.25, -0.2) is 4.98 Å². The highest BCUT2D eigenvalue weighted by molar-refractivity contribution is 5.96. The van der Waals surface area contributed by atoms with Crippen molar-refractivity contribution in [3.05, 3.63) is 113 Å². The number of hydrogen-bond acceptors (Lipinski definition) is 5. The van der Waals surface area contributed by atoms with Gasteiger partial charge in [0.05, 0.1) is 42.5 Å². The number of pyridine rings is 1. The van der Waals surface area contributed by atoms with E-state index in [1.54, 1.807) is 42.4 Å². The Bertz CT molecular complexity index is 1780. The number of nitrogens with zero attached hydrogens (tertiary/aromatic N) is 4. The maximum absolute atomic E-state index is 13.2. The lowest BCUT2D eigenvalue weighted by Crippen LogP contribution is -2.23. The molecule has 8 nitrogen and oxygen atoms in total. The van der Waals surface area contributed by atoms with E-state index in [9.17, 15) is 18.0 Å². The first-order chi connectivity index (χ1) is 20.2. The smallest absolute Gasteiger partial charge is 0.383 e. The molecule has 0 aliphatic heterocycles. The number of carbonyl (C=O) groups excluding carboxylic acids is 1. The van der Waals surface area contributed by atoms with Gasteiger partial charge in [-0.05, 0) is 55.2 Å². The predicted octanol–water partition coefficient (Wildman–Crippen LogP) is 5.69. The minimum Gasteiger partial charge on any atom is -0.383 e. The number of allylic oxidation sites excluding steroid dienone is 5. The molecule has 0 atom stereocenters. The van der Waals surface area contributed by atoms with Crippen molar-refractivity contribution in [2.24, 2.45) is 0 Å². The van der Waals surface area contributed by atoms with Gasteiger partial charge in [0.25, 0.3) is 5.91 Å². The van der Waals surface area contributed by atoms with Crippen molar-refractivity contribution in [1.82, 2.24) is 24.5 Å². The number of imidazole rings is 1. The van der Waals surface area contributed by atoms with Crippen molar-refractivity contribution < 1.29 is 22.7 Å². The molecule has 0 bridgehead atoms. The second-order valence-corrected chi connectivity index (χ2v) is 9.50. The highest BCUT2D eigenvalue weighted by Gasteiger charge is 2.32. The quantitative estimate of drug-likeness (QED) is 0.278. The number of ether oxygens (including phenoxy) is 1. The molecular weight excluding hydrogens is 545 g/mol. The highest BCUT2D eigenvalue weighted by Crippen LogP contribution is 2.29. The van der Waals surface area contributed by atoms with Crippen molar-refractivity contribution in [3.8, 4) is 11.8 Å². The number of benzene rings is 1. The van der Waals surface area contributed by atoms with Gasteiger partial charge in [-0.3, -0.25) is 13.9 Å². The lowest BCUT2D eigenvalue weighted by atomic mass is 10.0. The van der Waals surface area contributed by atoms with Gasteiger partial charge in [0.15, 0.2) is 5.65 Å². The number of fused-ring (bicyclic) bond motifs is 1. The molecule has 1 amide bonds. The van der Waals surface area contributed by atoms with Crippen LogP contribution in [0.5, 0.6) is 0 Å². The molecule has 3 heterocycles. The molecular formula is C31H27F3N6O2. The number of aromatic nitrogens is 4. The molecule has 0 saturated carbocycles. The number of nitrogens with one attached hydrogen (secondary N) is 2. The van der Waals surface area contributed by atoms with Gasteiger partial charge in [0.1, 0.15) is 5.69 Å². The summed E-state index contributed by atoms with van der Waals surface area (Å²) in [5, 5.41) is 10.2. The van der Waals surface area contributed by atoms with Crippen LogP contribution in [-0.4, -0.2) is 45.0 Å². The normalized spacial score (nSPS) is 13.2. The monoisotopic (exact) mass is 572 g/mol. The van der Waals surface area contributed by atoms with E-state index in [1.165, 1.54) is 12.2 Å². The Balaban J connectivity index is 1.35. The molecule has 2 N–H and O–H groups in total. The van der Waals surface area contributed by atoms with Crippen LogP contribution in [0.4, 0.5) is 24.5 Å². The van der Waals surface area contributed by atoms with Crippen LogP contribution in [0.15, 0.2) is 90.7 Å². The van der Waals surface area contributed by atoms with Gasteiger partial charge in [-0.15, -0.1) is 0 Å². The van der Waals surface area contributed by atoms with Crippen LogP contribution in [0.1, 0.15) is 33.6 Å². The van der Waals surface area contributed by atoms with Crippen LogP contribution in [0, 0.1) is 18.8 Å². The maximum Gasteiger partial charge on any atom is 0.416 e. The van der Waals surface area contributed by atoms with E-state index in [2.05, 4.69) is 32.6 Å². The van der Waals surface area contributed by atoms with E-state index in [-0.39, 0.29) is 17.7 Å². The van der Waals surface area contributed by atoms with Crippen molar-refractivity contribution in [3.63, 3.8) is 0 Å². The number of methoxy groups -OCH3 is 1. The van der Waals surface area contributed by atoms with Crippen molar-refractivity contribution >= 4 is 22.9 Å². The SMILES string of the molecule is COCCn1cc(Nc2cccn3c(C#Cc4cc(C(=O)NC5=CCC=CC(C(F)(F)F)=C5)ccc4C)cnc23)cn1. The van der Waals surface area contributed by atoms with Gasteiger partial charge in [-0.1, -0.05) is 30.2 Å². The molecule has 0 spiro atoms. The van der Waals surface area contributed by atoms with Crippen molar-refractivity contribution in [2.45, 2.75) is 26.1 Å². The third kappa shape index (κ3) is 6.62. The summed E-state index contributed by atoms with van der Waals surface area (Å²) in [5.41, 5.74) is 3.89. The maximum atomic E-state index is 13.2. The van der Waals surface area contributed by atoms with Crippen molar-refractivity contribution in [1.29, 1.82) is 0 Å². The molecule has 214 valence electrons. The molecule has 0 unspecified atom stereocenters. The molecule has 1 aliphatic carbocycles. The molecule has 3 aromatic heterocycles. The molecule has 4 aromatic rings. The van der Waals surface area contributed by atoms with Crippen LogP contribution in [-0.2, 0) is 11.3 Å². The number of anilines is 2. The third-order valence-electron chi connectivity index (χ3n) is 6.46. The zero-order valence-corrected chi connectivity index (χ0v) is 22.9. The van der Waals surface area contributed by atoms with Gasteiger partial charge < -0.3 is 15.4 Å². The predicted molar refractivity (Wildman–Crippen MR) is 153 cm³/mol. The Kier molecular flexibility index (Phi) is 8.26. The number of amides is 1. The average Bonchev–Trinajstić information content (AvgIpc) is 3.51. The topological polar surface area (TPSA) is 85.5 Å². The molecule has 1 aromatic carbocycles. The van der Waals surface area contributed by atoms with Crippen LogP contribution in [0.25, 0.3) is 5.65 Å². The largest absolute Gasteiger partial charge is 0.416 e. The van der Waals surface area contributed by atoms with Gasteiger partial charge in [-0.2, -0.15) is 18.3 Å². The first kappa shape index (κ1) is 28.4. The average molecular weight is 573 g/mol. The zero-order valence-electron chi connectivity index (χ0n) is 22.9. The van der Waals surface area contributed by atoms with E-state index >= 15 is 0 Å². The van der Waals surface area contributed by atoms with E-state index in [0.29, 0.717) is 30.1 Å². The molecule has 5 rings (SSSR count). The fourth-order valence-electron chi connectivity index (χ4n) is 4.25.